The number of rotatable bonds is 2. The van der Waals surface area contributed by atoms with Gasteiger partial charge in [0.2, 0.25) is 0 Å². The van der Waals surface area contributed by atoms with Crippen LogP contribution in [-0.2, 0) is 6.18 Å². The molecule has 4 nitrogen and oxygen atoms in total. The molecule has 25 heavy (non-hydrogen) atoms. The molecule has 0 aliphatic carbocycles. The van der Waals surface area contributed by atoms with Gasteiger partial charge in [0.25, 0.3) is 5.91 Å². The van der Waals surface area contributed by atoms with Gasteiger partial charge >= 0.3 is 6.18 Å². The Balaban J connectivity index is 2.00. The fourth-order valence-electron chi connectivity index (χ4n) is 2.92. The monoisotopic (exact) mass is 414 g/mol. The first-order chi connectivity index (χ1) is 11.8. The summed E-state index contributed by atoms with van der Waals surface area (Å²) in [4.78, 5) is 14.0. The van der Waals surface area contributed by atoms with E-state index in [1.165, 1.54) is 17.0 Å². The first-order valence-corrected chi connectivity index (χ1v) is 8.26. The summed E-state index contributed by atoms with van der Waals surface area (Å²) in [5, 5.41) is 11.1. The summed E-state index contributed by atoms with van der Waals surface area (Å²) >= 11 is 3.32. The molecular formula is C17H14BrF3N2O2. The molecular weight excluding hydrogens is 401 g/mol. The highest BCUT2D eigenvalue weighted by Crippen LogP contribution is 2.35. The van der Waals surface area contributed by atoms with E-state index in [9.17, 15) is 23.2 Å². The average Bonchev–Trinajstić information content (AvgIpc) is 2.95. The first kappa shape index (κ1) is 17.9. The number of benzene rings is 2. The topological polar surface area (TPSA) is 43.8 Å². The van der Waals surface area contributed by atoms with Gasteiger partial charge in [-0.2, -0.15) is 18.2 Å². The van der Waals surface area contributed by atoms with Crippen LogP contribution >= 0.6 is 15.9 Å². The number of hydroxylamine groups is 2. The van der Waals surface area contributed by atoms with E-state index in [2.05, 4.69) is 15.9 Å². The van der Waals surface area contributed by atoms with Crippen molar-refractivity contribution < 1.29 is 23.2 Å². The number of hydrogen-bond acceptors (Lipinski definition) is 3. The lowest BCUT2D eigenvalue weighted by molar-refractivity contribution is -0.138. The van der Waals surface area contributed by atoms with E-state index in [-0.39, 0.29) is 13.1 Å². The van der Waals surface area contributed by atoms with Crippen molar-refractivity contribution in [2.45, 2.75) is 12.3 Å². The van der Waals surface area contributed by atoms with Crippen LogP contribution in [0.5, 0.6) is 0 Å². The normalized spacial score (nSPS) is 18.6. The summed E-state index contributed by atoms with van der Waals surface area (Å²) in [6.45, 7) is 0.274. The fraction of sp³-hybridized carbons (Fsp3) is 0.235. The van der Waals surface area contributed by atoms with E-state index in [0.717, 1.165) is 21.7 Å². The summed E-state index contributed by atoms with van der Waals surface area (Å²) in [7, 11) is 0. The van der Waals surface area contributed by atoms with Crippen LogP contribution in [0.15, 0.2) is 53.0 Å². The standard InChI is InChI=1S/C17H14BrF3N2O2/c18-12-5-3-4-11(10-12)15-22(8-9-23(15)25)16(24)13-6-1-2-7-14(13)17(19,20)21/h1-7,10,15,25H,8-9H2. The van der Waals surface area contributed by atoms with Crippen LogP contribution in [0.1, 0.15) is 27.7 Å². The van der Waals surface area contributed by atoms with Crippen molar-refractivity contribution in [2.24, 2.45) is 0 Å². The highest BCUT2D eigenvalue weighted by atomic mass is 79.9. The van der Waals surface area contributed by atoms with Gasteiger partial charge in [-0.05, 0) is 29.8 Å². The average molecular weight is 415 g/mol. The third kappa shape index (κ3) is 3.56. The van der Waals surface area contributed by atoms with Gasteiger partial charge < -0.3 is 10.1 Å². The van der Waals surface area contributed by atoms with E-state index < -0.39 is 29.4 Å². The zero-order valence-corrected chi connectivity index (χ0v) is 14.5. The van der Waals surface area contributed by atoms with Crippen LogP contribution in [0.3, 0.4) is 0 Å². The molecule has 2 aromatic rings. The number of carbonyl (C=O) groups is 1. The molecule has 0 spiro atoms. The maximum atomic E-state index is 13.2. The lowest BCUT2D eigenvalue weighted by Gasteiger charge is -2.28. The van der Waals surface area contributed by atoms with Crippen LogP contribution < -0.4 is 0 Å². The Hall–Kier alpha value is -1.90. The molecule has 132 valence electrons. The Bertz CT molecular complexity index is 797. The molecule has 1 fully saturated rings. The molecule has 1 heterocycles. The van der Waals surface area contributed by atoms with Crippen LogP contribution in [0.4, 0.5) is 13.2 Å². The molecule has 1 unspecified atom stereocenters. The van der Waals surface area contributed by atoms with Crippen molar-refractivity contribution in [1.82, 2.24) is 9.96 Å². The first-order valence-electron chi connectivity index (χ1n) is 7.47. The largest absolute Gasteiger partial charge is 0.417 e. The molecule has 0 radical (unpaired) electrons. The summed E-state index contributed by atoms with van der Waals surface area (Å²) < 4.78 is 40.4. The molecule has 1 N–H and O–H groups in total. The second kappa shape index (κ2) is 6.78. The number of halogens is 4. The van der Waals surface area contributed by atoms with E-state index >= 15 is 0 Å². The van der Waals surface area contributed by atoms with E-state index in [0.29, 0.717) is 5.56 Å². The van der Waals surface area contributed by atoms with E-state index in [4.69, 9.17) is 0 Å². The second-order valence-electron chi connectivity index (χ2n) is 5.63. The Morgan fingerprint density at radius 1 is 1.12 bits per heavy atom. The van der Waals surface area contributed by atoms with Gasteiger partial charge in [-0.1, -0.05) is 40.2 Å². The quantitative estimate of drug-likeness (QED) is 0.795. The molecule has 1 saturated heterocycles. The van der Waals surface area contributed by atoms with Crippen molar-refractivity contribution in [3.05, 3.63) is 69.7 Å². The Morgan fingerprint density at radius 2 is 1.84 bits per heavy atom. The van der Waals surface area contributed by atoms with Gasteiger partial charge in [0.05, 0.1) is 11.1 Å². The molecule has 1 aliphatic rings. The van der Waals surface area contributed by atoms with Crippen molar-refractivity contribution in [2.75, 3.05) is 13.1 Å². The van der Waals surface area contributed by atoms with Gasteiger partial charge in [-0.25, -0.2) is 0 Å². The minimum Gasteiger partial charge on any atom is -0.315 e. The van der Waals surface area contributed by atoms with Crippen molar-refractivity contribution in [1.29, 1.82) is 0 Å². The van der Waals surface area contributed by atoms with Gasteiger partial charge in [0, 0.05) is 17.6 Å². The number of amides is 1. The van der Waals surface area contributed by atoms with Gasteiger partial charge in [0.15, 0.2) is 0 Å². The predicted molar refractivity (Wildman–Crippen MR) is 87.9 cm³/mol. The Labute approximate surface area is 150 Å². The molecule has 2 aromatic carbocycles. The van der Waals surface area contributed by atoms with Crippen molar-refractivity contribution in [3.8, 4) is 0 Å². The van der Waals surface area contributed by atoms with Gasteiger partial charge in [0.1, 0.15) is 6.17 Å². The summed E-state index contributed by atoms with van der Waals surface area (Å²) in [5.74, 6) is -0.769. The molecule has 3 rings (SSSR count). The zero-order chi connectivity index (χ0) is 18.2. The number of carbonyl (C=O) groups excluding carboxylic acids is 1. The third-order valence-corrected chi connectivity index (χ3v) is 4.51. The van der Waals surface area contributed by atoms with E-state index in [1.807, 2.05) is 0 Å². The predicted octanol–water partition coefficient (Wildman–Crippen LogP) is 4.31. The van der Waals surface area contributed by atoms with E-state index in [1.54, 1.807) is 24.3 Å². The summed E-state index contributed by atoms with van der Waals surface area (Å²) in [6, 6.07) is 11.6. The SMILES string of the molecule is O=C(c1ccccc1C(F)(F)F)N1CCN(O)C1c1cccc(Br)c1. The Morgan fingerprint density at radius 3 is 2.52 bits per heavy atom. The van der Waals surface area contributed by atoms with Crippen LogP contribution in [0.2, 0.25) is 0 Å². The molecule has 1 amide bonds. The molecule has 8 heteroatoms. The van der Waals surface area contributed by atoms with Crippen LogP contribution in [0, 0.1) is 0 Å². The molecule has 0 bridgehead atoms. The fourth-order valence-corrected chi connectivity index (χ4v) is 3.34. The smallest absolute Gasteiger partial charge is 0.315 e. The van der Waals surface area contributed by atoms with Crippen LogP contribution in [-0.4, -0.2) is 34.2 Å². The second-order valence-corrected chi connectivity index (χ2v) is 6.55. The third-order valence-electron chi connectivity index (χ3n) is 4.02. The molecule has 1 atom stereocenters. The van der Waals surface area contributed by atoms with Gasteiger partial charge in [-0.15, -0.1) is 0 Å². The summed E-state index contributed by atoms with van der Waals surface area (Å²) in [5.41, 5.74) is -0.804. The van der Waals surface area contributed by atoms with Crippen molar-refractivity contribution in [3.63, 3.8) is 0 Å². The molecule has 0 saturated carbocycles. The minimum absolute atomic E-state index is 0.124. The zero-order valence-electron chi connectivity index (χ0n) is 12.9. The number of nitrogens with zero attached hydrogens (tertiary/aromatic N) is 2. The maximum absolute atomic E-state index is 13.2. The maximum Gasteiger partial charge on any atom is 0.417 e. The minimum atomic E-state index is -4.63. The summed E-state index contributed by atoms with van der Waals surface area (Å²) in [6.07, 6.45) is -5.47. The number of alkyl halides is 3. The lowest BCUT2D eigenvalue weighted by atomic mass is 10.0. The number of hydrogen-bond donors (Lipinski definition) is 1. The lowest BCUT2D eigenvalue weighted by Crippen LogP contribution is -2.35. The molecule has 1 aliphatic heterocycles. The Kier molecular flexibility index (Phi) is 4.86. The van der Waals surface area contributed by atoms with Gasteiger partial charge in [-0.3, -0.25) is 4.79 Å². The highest BCUT2D eigenvalue weighted by molar-refractivity contribution is 9.10. The molecule has 0 aromatic heterocycles. The van der Waals surface area contributed by atoms with Crippen LogP contribution in [0.25, 0.3) is 0 Å². The van der Waals surface area contributed by atoms with Crippen molar-refractivity contribution >= 4 is 21.8 Å². The highest BCUT2D eigenvalue weighted by Gasteiger charge is 2.40.